The molecule has 0 bridgehead atoms. The fourth-order valence-corrected chi connectivity index (χ4v) is 3.25. The van der Waals surface area contributed by atoms with Crippen LogP contribution in [0.1, 0.15) is 12.8 Å². The van der Waals surface area contributed by atoms with Crippen molar-refractivity contribution in [3.63, 3.8) is 0 Å². The lowest BCUT2D eigenvalue weighted by atomic mass is 10.1. The van der Waals surface area contributed by atoms with Gasteiger partial charge < -0.3 is 14.6 Å². The van der Waals surface area contributed by atoms with E-state index in [1.54, 1.807) is 7.11 Å². The van der Waals surface area contributed by atoms with Gasteiger partial charge in [-0.15, -0.1) is 0 Å². The number of rotatable bonds is 2. The van der Waals surface area contributed by atoms with Crippen LogP contribution in [-0.2, 0) is 4.74 Å². The van der Waals surface area contributed by atoms with Gasteiger partial charge in [0.15, 0.2) is 0 Å². The number of hydrogen-bond acceptors (Lipinski definition) is 4. The summed E-state index contributed by atoms with van der Waals surface area (Å²) < 4.78 is 5.55. The van der Waals surface area contributed by atoms with Crippen molar-refractivity contribution in [3.8, 4) is 0 Å². The van der Waals surface area contributed by atoms with Crippen molar-refractivity contribution >= 4 is 27.6 Å². The molecule has 3 aromatic heterocycles. The van der Waals surface area contributed by atoms with Crippen LogP contribution in [0.5, 0.6) is 0 Å². The highest BCUT2D eigenvalue weighted by atomic mass is 16.5. The molecule has 0 aliphatic carbocycles. The second-order valence-corrected chi connectivity index (χ2v) is 5.53. The van der Waals surface area contributed by atoms with Crippen molar-refractivity contribution in [1.29, 1.82) is 0 Å². The molecule has 1 unspecified atom stereocenters. The number of nitrogens with one attached hydrogen (secondary N) is 1. The number of ether oxygens (including phenoxy) is 1. The Labute approximate surface area is 123 Å². The Bertz CT molecular complexity index is 782. The van der Waals surface area contributed by atoms with Gasteiger partial charge in [0.05, 0.1) is 17.8 Å². The topological polar surface area (TPSA) is 54.0 Å². The zero-order valence-corrected chi connectivity index (χ0v) is 12.0. The van der Waals surface area contributed by atoms with E-state index < -0.39 is 0 Å². The molecule has 5 heteroatoms. The molecule has 4 heterocycles. The number of fused-ring (bicyclic) bond motifs is 3. The van der Waals surface area contributed by atoms with Gasteiger partial charge in [0.25, 0.3) is 0 Å². The minimum atomic E-state index is 0.311. The Kier molecular flexibility index (Phi) is 3.00. The Morgan fingerprint density at radius 3 is 3.19 bits per heavy atom. The molecule has 1 fully saturated rings. The van der Waals surface area contributed by atoms with Gasteiger partial charge >= 0.3 is 0 Å². The molecule has 1 aliphatic rings. The number of methoxy groups -OCH3 is 1. The molecule has 0 amide bonds. The molecule has 0 saturated carbocycles. The number of hydrogen-bond donors (Lipinski definition) is 1. The lowest BCUT2D eigenvalue weighted by Gasteiger charge is -2.34. The number of H-pyrrole nitrogens is 1. The van der Waals surface area contributed by atoms with E-state index in [1.807, 2.05) is 18.6 Å². The summed E-state index contributed by atoms with van der Waals surface area (Å²) in [6.45, 7) is 2.00. The average molecular weight is 282 g/mol. The summed E-state index contributed by atoms with van der Waals surface area (Å²) >= 11 is 0. The highest BCUT2D eigenvalue weighted by Gasteiger charge is 2.22. The van der Waals surface area contributed by atoms with Crippen LogP contribution in [0.25, 0.3) is 21.9 Å². The van der Waals surface area contributed by atoms with Crippen LogP contribution in [0.2, 0.25) is 0 Å². The van der Waals surface area contributed by atoms with Crippen LogP contribution in [0.4, 0.5) is 5.69 Å². The molecular weight excluding hydrogens is 264 g/mol. The summed E-state index contributed by atoms with van der Waals surface area (Å²) in [5.74, 6) is 0. The molecule has 0 aromatic carbocycles. The summed E-state index contributed by atoms with van der Waals surface area (Å²) in [4.78, 5) is 14.5. The van der Waals surface area contributed by atoms with E-state index in [0.29, 0.717) is 6.10 Å². The Hall–Kier alpha value is -2.14. The fourth-order valence-electron chi connectivity index (χ4n) is 3.25. The minimum absolute atomic E-state index is 0.311. The maximum Gasteiger partial charge on any atom is 0.138 e. The number of pyridine rings is 2. The van der Waals surface area contributed by atoms with E-state index in [0.717, 1.165) is 42.5 Å². The first-order valence-electron chi connectivity index (χ1n) is 7.35. The Morgan fingerprint density at radius 1 is 1.33 bits per heavy atom. The van der Waals surface area contributed by atoms with E-state index in [4.69, 9.17) is 4.74 Å². The quantitative estimate of drug-likeness (QED) is 0.785. The predicted molar refractivity (Wildman–Crippen MR) is 83.6 cm³/mol. The first-order valence-corrected chi connectivity index (χ1v) is 7.35. The maximum absolute atomic E-state index is 5.55. The zero-order chi connectivity index (χ0) is 14.2. The van der Waals surface area contributed by atoms with Crippen molar-refractivity contribution < 1.29 is 4.74 Å². The molecule has 3 aromatic rings. The van der Waals surface area contributed by atoms with E-state index in [1.165, 1.54) is 11.1 Å². The maximum atomic E-state index is 5.55. The molecule has 1 N–H and O–H groups in total. The zero-order valence-electron chi connectivity index (χ0n) is 12.0. The first-order chi connectivity index (χ1) is 10.4. The molecule has 1 atom stereocenters. The second kappa shape index (κ2) is 5.00. The van der Waals surface area contributed by atoms with E-state index in [2.05, 4.69) is 32.0 Å². The van der Waals surface area contributed by atoms with Gasteiger partial charge in [0.2, 0.25) is 0 Å². The number of aromatic amines is 1. The van der Waals surface area contributed by atoms with Gasteiger partial charge in [-0.25, -0.2) is 4.98 Å². The molecule has 21 heavy (non-hydrogen) atoms. The molecule has 4 rings (SSSR count). The van der Waals surface area contributed by atoms with Crippen molar-refractivity contribution in [2.24, 2.45) is 0 Å². The highest BCUT2D eigenvalue weighted by molar-refractivity contribution is 6.09. The van der Waals surface area contributed by atoms with Gasteiger partial charge in [-0.2, -0.15) is 0 Å². The standard InChI is InChI=1S/C16H18N4O/c1-21-11-3-2-8-20(10-11)14-5-7-17-13-9-19-16-12(15(13)14)4-6-18-16/h4-7,9,11H,2-3,8,10H2,1H3,(H,18,19). The molecule has 108 valence electrons. The highest BCUT2D eigenvalue weighted by Crippen LogP contribution is 2.32. The van der Waals surface area contributed by atoms with Crippen molar-refractivity contribution in [3.05, 3.63) is 30.7 Å². The van der Waals surface area contributed by atoms with Crippen LogP contribution in [0.3, 0.4) is 0 Å². The largest absolute Gasteiger partial charge is 0.380 e. The summed E-state index contributed by atoms with van der Waals surface area (Å²) in [6.07, 6.45) is 8.25. The van der Waals surface area contributed by atoms with Crippen LogP contribution >= 0.6 is 0 Å². The predicted octanol–water partition coefficient (Wildman–Crippen LogP) is 2.73. The van der Waals surface area contributed by atoms with Crippen LogP contribution < -0.4 is 4.90 Å². The summed E-state index contributed by atoms with van der Waals surface area (Å²) in [7, 11) is 1.80. The van der Waals surface area contributed by atoms with Gasteiger partial charge in [-0.05, 0) is 25.0 Å². The third kappa shape index (κ3) is 2.05. The van der Waals surface area contributed by atoms with E-state index in [9.17, 15) is 0 Å². The summed E-state index contributed by atoms with van der Waals surface area (Å²) in [6, 6.07) is 4.18. The number of aromatic nitrogens is 3. The number of nitrogens with zero attached hydrogens (tertiary/aromatic N) is 3. The lowest BCUT2D eigenvalue weighted by Crippen LogP contribution is -2.39. The van der Waals surface area contributed by atoms with Crippen molar-refractivity contribution in [1.82, 2.24) is 15.0 Å². The fraction of sp³-hybridized carbons (Fsp3) is 0.375. The average Bonchev–Trinajstić information content (AvgIpc) is 3.03. The van der Waals surface area contributed by atoms with Gasteiger partial charge in [-0.1, -0.05) is 0 Å². The van der Waals surface area contributed by atoms with Crippen LogP contribution in [0, 0.1) is 0 Å². The smallest absolute Gasteiger partial charge is 0.138 e. The molecular formula is C16H18N4O. The number of anilines is 1. The monoisotopic (exact) mass is 282 g/mol. The normalized spacial score (nSPS) is 19.5. The van der Waals surface area contributed by atoms with Crippen LogP contribution in [0.15, 0.2) is 30.7 Å². The minimum Gasteiger partial charge on any atom is -0.380 e. The van der Waals surface area contributed by atoms with Gasteiger partial charge in [0, 0.05) is 49.1 Å². The molecule has 5 nitrogen and oxygen atoms in total. The van der Waals surface area contributed by atoms with Crippen LogP contribution in [-0.4, -0.2) is 41.3 Å². The molecule has 0 spiro atoms. The Morgan fingerprint density at radius 2 is 2.29 bits per heavy atom. The third-order valence-electron chi connectivity index (χ3n) is 4.32. The third-order valence-corrected chi connectivity index (χ3v) is 4.32. The summed E-state index contributed by atoms with van der Waals surface area (Å²) in [5.41, 5.74) is 3.09. The number of piperidine rings is 1. The van der Waals surface area contributed by atoms with Crippen molar-refractivity contribution in [2.45, 2.75) is 18.9 Å². The van der Waals surface area contributed by atoms with E-state index in [-0.39, 0.29) is 0 Å². The van der Waals surface area contributed by atoms with Gasteiger partial charge in [-0.3, -0.25) is 4.98 Å². The molecule has 0 radical (unpaired) electrons. The van der Waals surface area contributed by atoms with Gasteiger partial charge in [0.1, 0.15) is 5.65 Å². The molecule has 1 aliphatic heterocycles. The van der Waals surface area contributed by atoms with E-state index >= 15 is 0 Å². The second-order valence-electron chi connectivity index (χ2n) is 5.53. The van der Waals surface area contributed by atoms with Crippen molar-refractivity contribution in [2.75, 3.05) is 25.1 Å². The summed E-state index contributed by atoms with van der Waals surface area (Å²) in [5, 5.41) is 2.32. The molecule has 1 saturated heterocycles. The first kappa shape index (κ1) is 12.6. The SMILES string of the molecule is COC1CCCN(c2ccnc3cnc4[nH]ccc4c23)C1. The lowest BCUT2D eigenvalue weighted by molar-refractivity contribution is 0.0894. The Balaban J connectivity index is 1.89.